The molecule has 0 fully saturated rings. The fraction of sp³-hybridized carbons (Fsp3) is 0.0769. The van der Waals surface area contributed by atoms with Crippen molar-refractivity contribution < 1.29 is 12.8 Å². The first-order valence-electron chi connectivity index (χ1n) is 5.87. The Labute approximate surface area is 127 Å². The zero-order chi connectivity index (χ0) is 15.5. The number of halogens is 1. The van der Waals surface area contributed by atoms with E-state index in [-0.39, 0.29) is 4.90 Å². The highest BCUT2D eigenvalue weighted by atomic mass is 32.2. The third-order valence-corrected chi connectivity index (χ3v) is 4.07. The SMILES string of the molecule is NC(=S)Cc1ccc(NS(=O)(=O)c2cncc(F)c2)cc1. The minimum Gasteiger partial charge on any atom is -0.393 e. The Bertz CT molecular complexity index is 761. The van der Waals surface area contributed by atoms with Crippen LogP contribution in [0.1, 0.15) is 5.56 Å². The molecule has 0 amide bonds. The van der Waals surface area contributed by atoms with Gasteiger partial charge in [0.1, 0.15) is 10.7 Å². The quantitative estimate of drug-likeness (QED) is 0.820. The summed E-state index contributed by atoms with van der Waals surface area (Å²) in [6.45, 7) is 0. The van der Waals surface area contributed by atoms with Gasteiger partial charge in [0.25, 0.3) is 10.0 Å². The summed E-state index contributed by atoms with van der Waals surface area (Å²) in [5.41, 5.74) is 6.66. The van der Waals surface area contributed by atoms with Crippen molar-refractivity contribution in [1.82, 2.24) is 4.98 Å². The number of aromatic nitrogens is 1. The molecule has 0 aliphatic carbocycles. The maximum Gasteiger partial charge on any atom is 0.263 e. The average Bonchev–Trinajstić information content (AvgIpc) is 2.40. The van der Waals surface area contributed by atoms with Gasteiger partial charge < -0.3 is 5.73 Å². The van der Waals surface area contributed by atoms with Crippen molar-refractivity contribution in [3.05, 3.63) is 54.1 Å². The van der Waals surface area contributed by atoms with Crippen molar-refractivity contribution in [1.29, 1.82) is 0 Å². The molecule has 110 valence electrons. The van der Waals surface area contributed by atoms with Gasteiger partial charge in [-0.2, -0.15) is 0 Å². The molecule has 0 saturated carbocycles. The Hall–Kier alpha value is -2.06. The lowest BCUT2D eigenvalue weighted by Crippen LogP contribution is -2.14. The highest BCUT2D eigenvalue weighted by Crippen LogP contribution is 2.16. The number of nitrogens with two attached hydrogens (primary N) is 1. The van der Waals surface area contributed by atoms with Crippen molar-refractivity contribution in [2.45, 2.75) is 11.3 Å². The van der Waals surface area contributed by atoms with Gasteiger partial charge in [0.05, 0.1) is 11.2 Å². The maximum absolute atomic E-state index is 13.0. The number of nitrogens with zero attached hydrogens (tertiary/aromatic N) is 1. The molecule has 0 aliphatic heterocycles. The molecular formula is C13H12FN3O2S2. The van der Waals surface area contributed by atoms with Gasteiger partial charge in [0.2, 0.25) is 0 Å². The largest absolute Gasteiger partial charge is 0.393 e. The van der Waals surface area contributed by atoms with Crippen LogP contribution in [0.5, 0.6) is 0 Å². The van der Waals surface area contributed by atoms with E-state index in [1.807, 2.05) is 0 Å². The summed E-state index contributed by atoms with van der Waals surface area (Å²) in [5.74, 6) is -0.718. The second kappa shape index (κ2) is 6.15. The molecule has 0 saturated heterocycles. The smallest absolute Gasteiger partial charge is 0.263 e. The van der Waals surface area contributed by atoms with Crippen LogP contribution in [0.4, 0.5) is 10.1 Å². The van der Waals surface area contributed by atoms with Gasteiger partial charge in [0, 0.05) is 18.3 Å². The molecule has 0 aliphatic rings. The molecule has 3 N–H and O–H groups in total. The van der Waals surface area contributed by atoms with E-state index in [0.717, 1.165) is 24.0 Å². The van der Waals surface area contributed by atoms with Crippen LogP contribution in [0.25, 0.3) is 0 Å². The molecular weight excluding hydrogens is 313 g/mol. The third-order valence-electron chi connectivity index (χ3n) is 2.57. The molecule has 21 heavy (non-hydrogen) atoms. The molecule has 0 atom stereocenters. The Balaban J connectivity index is 2.19. The Morgan fingerprint density at radius 2 is 1.95 bits per heavy atom. The van der Waals surface area contributed by atoms with Gasteiger partial charge in [-0.1, -0.05) is 24.4 Å². The van der Waals surface area contributed by atoms with Crippen LogP contribution in [0.2, 0.25) is 0 Å². The molecule has 1 heterocycles. The first-order valence-corrected chi connectivity index (χ1v) is 7.76. The van der Waals surface area contributed by atoms with E-state index >= 15 is 0 Å². The van der Waals surface area contributed by atoms with Crippen LogP contribution in [-0.4, -0.2) is 18.4 Å². The monoisotopic (exact) mass is 325 g/mol. The summed E-state index contributed by atoms with van der Waals surface area (Å²) in [4.78, 5) is 3.63. The van der Waals surface area contributed by atoms with Crippen LogP contribution in [0.3, 0.4) is 0 Å². The maximum atomic E-state index is 13.0. The molecule has 0 bridgehead atoms. The fourth-order valence-corrected chi connectivity index (χ4v) is 2.84. The number of nitrogens with one attached hydrogen (secondary N) is 1. The number of anilines is 1. The van der Waals surface area contributed by atoms with Crippen molar-refractivity contribution in [3.63, 3.8) is 0 Å². The molecule has 1 aromatic carbocycles. The lowest BCUT2D eigenvalue weighted by molar-refractivity contribution is 0.592. The normalized spacial score (nSPS) is 11.1. The standard InChI is InChI=1S/C13H12FN3O2S2/c14-10-6-12(8-16-7-10)21(18,19)17-11-3-1-9(2-4-11)5-13(15)20/h1-4,6-8,17H,5H2,(H2,15,20). The zero-order valence-corrected chi connectivity index (χ0v) is 12.4. The van der Waals surface area contributed by atoms with Gasteiger partial charge in [-0.3, -0.25) is 9.71 Å². The predicted octanol–water partition coefficient (Wildman–Crippen LogP) is 1.85. The predicted molar refractivity (Wildman–Crippen MR) is 81.9 cm³/mol. The van der Waals surface area contributed by atoms with E-state index < -0.39 is 15.8 Å². The summed E-state index contributed by atoms with van der Waals surface area (Å²) in [6.07, 6.45) is 2.45. The molecule has 0 unspecified atom stereocenters. The minimum absolute atomic E-state index is 0.241. The molecule has 1 aromatic heterocycles. The summed E-state index contributed by atoms with van der Waals surface area (Å²) in [6, 6.07) is 7.48. The van der Waals surface area contributed by atoms with Crippen LogP contribution in [0.15, 0.2) is 47.6 Å². The number of hydrogen-bond donors (Lipinski definition) is 2. The number of benzene rings is 1. The van der Waals surface area contributed by atoms with Crippen molar-refractivity contribution >= 4 is 32.9 Å². The van der Waals surface area contributed by atoms with Gasteiger partial charge in [-0.25, -0.2) is 12.8 Å². The van der Waals surface area contributed by atoms with E-state index in [2.05, 4.69) is 9.71 Å². The second-order valence-corrected chi connectivity index (χ2v) is 6.49. The number of sulfonamides is 1. The van der Waals surface area contributed by atoms with E-state index in [1.54, 1.807) is 24.3 Å². The van der Waals surface area contributed by atoms with Crippen molar-refractivity contribution in [3.8, 4) is 0 Å². The molecule has 5 nitrogen and oxygen atoms in total. The summed E-state index contributed by atoms with van der Waals surface area (Å²) in [5, 5.41) is 0. The molecule has 0 spiro atoms. The van der Waals surface area contributed by atoms with Gasteiger partial charge in [-0.05, 0) is 23.8 Å². The van der Waals surface area contributed by atoms with Gasteiger partial charge in [-0.15, -0.1) is 0 Å². The third kappa shape index (κ3) is 4.20. The number of hydrogen-bond acceptors (Lipinski definition) is 4. The summed E-state index contributed by atoms with van der Waals surface area (Å²) < 4.78 is 39.5. The Kier molecular flexibility index (Phi) is 4.49. The van der Waals surface area contributed by atoms with Gasteiger partial charge >= 0.3 is 0 Å². The minimum atomic E-state index is -3.87. The highest BCUT2D eigenvalue weighted by molar-refractivity contribution is 7.92. The van der Waals surface area contributed by atoms with Crippen LogP contribution >= 0.6 is 12.2 Å². The van der Waals surface area contributed by atoms with Crippen molar-refractivity contribution in [2.24, 2.45) is 5.73 Å². The first kappa shape index (κ1) is 15.3. The fourth-order valence-electron chi connectivity index (χ4n) is 1.65. The van der Waals surface area contributed by atoms with E-state index in [9.17, 15) is 12.8 Å². The molecule has 8 heteroatoms. The molecule has 2 aromatic rings. The van der Waals surface area contributed by atoms with Crippen molar-refractivity contribution in [2.75, 3.05) is 4.72 Å². The number of pyridine rings is 1. The van der Waals surface area contributed by atoms with Crippen LogP contribution < -0.4 is 10.5 Å². The lowest BCUT2D eigenvalue weighted by Gasteiger charge is -2.08. The average molecular weight is 325 g/mol. The number of thiocarbonyl (C=S) groups is 1. The van der Waals surface area contributed by atoms with Crippen LogP contribution in [0, 0.1) is 5.82 Å². The zero-order valence-electron chi connectivity index (χ0n) is 10.8. The number of rotatable bonds is 5. The van der Waals surface area contributed by atoms with E-state index in [1.165, 1.54) is 0 Å². The Morgan fingerprint density at radius 1 is 1.29 bits per heavy atom. The Morgan fingerprint density at radius 3 is 2.52 bits per heavy atom. The topological polar surface area (TPSA) is 85.1 Å². The van der Waals surface area contributed by atoms with Crippen LogP contribution in [-0.2, 0) is 16.4 Å². The van der Waals surface area contributed by atoms with E-state index in [0.29, 0.717) is 17.1 Å². The van der Waals surface area contributed by atoms with Gasteiger partial charge in [0.15, 0.2) is 0 Å². The second-order valence-electron chi connectivity index (χ2n) is 4.28. The summed E-state index contributed by atoms with van der Waals surface area (Å²) in [7, 11) is -3.87. The lowest BCUT2D eigenvalue weighted by atomic mass is 10.1. The first-order chi connectivity index (χ1) is 9.87. The summed E-state index contributed by atoms with van der Waals surface area (Å²) >= 11 is 4.80. The van der Waals surface area contributed by atoms with E-state index in [4.69, 9.17) is 18.0 Å². The molecule has 2 rings (SSSR count). The highest BCUT2D eigenvalue weighted by Gasteiger charge is 2.15. The molecule has 0 radical (unpaired) electrons.